The minimum atomic E-state index is -3.73. The van der Waals surface area contributed by atoms with Crippen LogP contribution in [0.15, 0.2) is 52.7 Å². The molecule has 0 amide bonds. The Balaban J connectivity index is 1.57. The van der Waals surface area contributed by atoms with Gasteiger partial charge in [0.15, 0.2) is 5.13 Å². The molecule has 11 heteroatoms. The van der Waals surface area contributed by atoms with Gasteiger partial charge in [0.2, 0.25) is 10.0 Å². The van der Waals surface area contributed by atoms with E-state index in [9.17, 15) is 8.42 Å². The third-order valence-electron chi connectivity index (χ3n) is 4.24. The molecule has 0 saturated carbocycles. The van der Waals surface area contributed by atoms with E-state index in [1.54, 1.807) is 12.1 Å². The van der Waals surface area contributed by atoms with Gasteiger partial charge in [0.25, 0.3) is 0 Å². The molecule has 0 saturated heterocycles. The molecule has 7 nitrogen and oxygen atoms in total. The molecular weight excluding hydrogens is 462 g/mol. The number of halogens is 1. The zero-order chi connectivity index (χ0) is 21.5. The molecule has 154 valence electrons. The molecule has 0 bridgehead atoms. The van der Waals surface area contributed by atoms with Crippen molar-refractivity contribution in [1.82, 2.24) is 9.97 Å². The van der Waals surface area contributed by atoms with Gasteiger partial charge in [-0.15, -0.1) is 11.3 Å². The Morgan fingerprint density at radius 2 is 1.83 bits per heavy atom. The first-order valence-electron chi connectivity index (χ1n) is 8.59. The Bertz CT molecular complexity index is 1330. The predicted molar refractivity (Wildman–Crippen MR) is 124 cm³/mol. The van der Waals surface area contributed by atoms with Crippen LogP contribution in [0.2, 0.25) is 5.02 Å². The summed E-state index contributed by atoms with van der Waals surface area (Å²) in [4.78, 5) is 9.86. The number of benzene rings is 2. The fourth-order valence-electron chi connectivity index (χ4n) is 2.70. The van der Waals surface area contributed by atoms with Gasteiger partial charge in [-0.05, 0) is 48.9 Å². The number of nitrogens with one attached hydrogen (secondary N) is 1. The van der Waals surface area contributed by atoms with Crippen LogP contribution >= 0.6 is 34.3 Å². The smallest absolute Gasteiger partial charge is 0.238 e. The Hall–Kier alpha value is -2.50. The number of aryl methyl sites for hydroxylation is 1. The number of rotatable bonds is 5. The van der Waals surface area contributed by atoms with Gasteiger partial charge in [0.1, 0.15) is 15.7 Å². The van der Waals surface area contributed by atoms with E-state index in [2.05, 4.69) is 10.3 Å². The van der Waals surface area contributed by atoms with E-state index in [4.69, 9.17) is 27.5 Å². The molecule has 4 rings (SSSR count). The highest BCUT2D eigenvalue weighted by molar-refractivity contribution is 7.89. The van der Waals surface area contributed by atoms with Gasteiger partial charge < -0.3 is 11.1 Å². The van der Waals surface area contributed by atoms with Crippen molar-refractivity contribution in [3.8, 4) is 21.1 Å². The molecule has 30 heavy (non-hydrogen) atoms. The summed E-state index contributed by atoms with van der Waals surface area (Å²) >= 11 is 8.96. The first kappa shape index (κ1) is 20.8. The highest BCUT2D eigenvalue weighted by Crippen LogP contribution is 2.39. The van der Waals surface area contributed by atoms with Gasteiger partial charge in [-0.1, -0.05) is 29.0 Å². The van der Waals surface area contributed by atoms with Crippen LogP contribution in [0.5, 0.6) is 0 Å². The largest absolute Gasteiger partial charge is 0.382 e. The van der Waals surface area contributed by atoms with Crippen LogP contribution in [0, 0.1) is 6.92 Å². The standard InChI is InChI=1S/C19H16ClN5O2S3/c1-10-8-11(2-7-14(10)20)15-9-28-18(24-15)16-17(21)25-19(29-16)23-12-3-5-13(6-4-12)30(22,26)27/h2-9H,21H2,1H3,(H,23,25)(H2,22,26,27). The minimum Gasteiger partial charge on any atom is -0.382 e. The van der Waals surface area contributed by atoms with Crippen LogP contribution in [0.4, 0.5) is 16.6 Å². The topological polar surface area (TPSA) is 124 Å². The highest BCUT2D eigenvalue weighted by Gasteiger charge is 2.16. The van der Waals surface area contributed by atoms with E-state index in [0.29, 0.717) is 21.7 Å². The van der Waals surface area contributed by atoms with E-state index >= 15 is 0 Å². The van der Waals surface area contributed by atoms with Gasteiger partial charge in [-0.2, -0.15) is 0 Å². The second kappa shape index (κ2) is 7.97. The van der Waals surface area contributed by atoms with Gasteiger partial charge in [0.05, 0.1) is 10.6 Å². The summed E-state index contributed by atoms with van der Waals surface area (Å²) in [7, 11) is -3.73. The van der Waals surface area contributed by atoms with E-state index in [1.165, 1.54) is 34.8 Å². The normalized spacial score (nSPS) is 11.6. The fourth-order valence-corrected chi connectivity index (χ4v) is 5.17. The van der Waals surface area contributed by atoms with Gasteiger partial charge in [0, 0.05) is 21.7 Å². The number of thiazole rings is 2. The zero-order valence-electron chi connectivity index (χ0n) is 15.6. The summed E-state index contributed by atoms with van der Waals surface area (Å²) in [5.41, 5.74) is 9.59. The molecular formula is C19H16ClN5O2S3. The van der Waals surface area contributed by atoms with Crippen molar-refractivity contribution in [2.75, 3.05) is 11.1 Å². The number of nitrogen functional groups attached to an aromatic ring is 1. The van der Waals surface area contributed by atoms with Crippen LogP contribution in [0.3, 0.4) is 0 Å². The lowest BCUT2D eigenvalue weighted by molar-refractivity contribution is 0.598. The first-order chi connectivity index (χ1) is 14.2. The van der Waals surface area contributed by atoms with Crippen LogP contribution in [-0.4, -0.2) is 18.4 Å². The maximum absolute atomic E-state index is 11.4. The Morgan fingerprint density at radius 3 is 2.50 bits per heavy atom. The van der Waals surface area contributed by atoms with Crippen molar-refractivity contribution >= 4 is 60.9 Å². The van der Waals surface area contributed by atoms with Crippen molar-refractivity contribution in [3.63, 3.8) is 0 Å². The summed E-state index contributed by atoms with van der Waals surface area (Å²) in [5.74, 6) is 0.372. The molecule has 0 aliphatic rings. The van der Waals surface area contributed by atoms with E-state index in [0.717, 1.165) is 26.7 Å². The molecule has 0 aliphatic carbocycles. The molecule has 0 spiro atoms. The maximum Gasteiger partial charge on any atom is 0.238 e. The quantitative estimate of drug-likeness (QED) is 0.376. The SMILES string of the molecule is Cc1cc(-c2csc(-c3sc(Nc4ccc(S(N)(=O)=O)cc4)nc3N)n2)ccc1Cl. The number of nitrogens with zero attached hydrogens (tertiary/aromatic N) is 2. The van der Waals surface area contributed by atoms with Crippen LogP contribution in [-0.2, 0) is 10.0 Å². The third-order valence-corrected chi connectivity index (χ3v) is 7.58. The van der Waals surface area contributed by atoms with Crippen molar-refractivity contribution in [2.45, 2.75) is 11.8 Å². The molecule has 2 aromatic carbocycles. The van der Waals surface area contributed by atoms with Crippen molar-refractivity contribution < 1.29 is 8.42 Å². The molecule has 0 unspecified atom stereocenters. The Labute approximate surface area is 186 Å². The number of aromatic nitrogens is 2. The fraction of sp³-hybridized carbons (Fsp3) is 0.0526. The summed E-state index contributed by atoms with van der Waals surface area (Å²) in [6.45, 7) is 1.95. The zero-order valence-corrected chi connectivity index (χ0v) is 18.8. The molecule has 0 aliphatic heterocycles. The second-order valence-electron chi connectivity index (χ2n) is 6.43. The lowest BCUT2D eigenvalue weighted by Gasteiger charge is -2.03. The molecule has 0 atom stereocenters. The van der Waals surface area contributed by atoms with Gasteiger partial charge in [-0.3, -0.25) is 0 Å². The summed E-state index contributed by atoms with van der Waals surface area (Å²) in [6.07, 6.45) is 0. The van der Waals surface area contributed by atoms with Crippen LogP contribution in [0.25, 0.3) is 21.1 Å². The first-order valence-corrected chi connectivity index (χ1v) is 12.2. The predicted octanol–water partition coefficient (Wildman–Crippen LogP) is 4.87. The number of nitrogens with two attached hydrogens (primary N) is 2. The van der Waals surface area contributed by atoms with Crippen molar-refractivity contribution in [3.05, 3.63) is 58.4 Å². The molecule has 2 aromatic heterocycles. The van der Waals surface area contributed by atoms with Gasteiger partial charge >= 0.3 is 0 Å². The summed E-state index contributed by atoms with van der Waals surface area (Å²) < 4.78 is 22.7. The lowest BCUT2D eigenvalue weighted by Crippen LogP contribution is -2.11. The lowest BCUT2D eigenvalue weighted by atomic mass is 10.1. The van der Waals surface area contributed by atoms with E-state index in [1.807, 2.05) is 30.5 Å². The number of hydrogen-bond acceptors (Lipinski definition) is 8. The molecule has 0 fully saturated rings. The van der Waals surface area contributed by atoms with E-state index < -0.39 is 10.0 Å². The Kier molecular flexibility index (Phi) is 5.51. The van der Waals surface area contributed by atoms with Crippen LogP contribution < -0.4 is 16.2 Å². The number of sulfonamides is 1. The molecule has 5 N–H and O–H groups in total. The van der Waals surface area contributed by atoms with Crippen LogP contribution in [0.1, 0.15) is 5.56 Å². The average Bonchev–Trinajstić information content (AvgIpc) is 3.30. The summed E-state index contributed by atoms with van der Waals surface area (Å²) in [6, 6.07) is 11.9. The molecule has 4 aromatic rings. The number of anilines is 3. The van der Waals surface area contributed by atoms with Gasteiger partial charge in [-0.25, -0.2) is 23.5 Å². The molecule has 2 heterocycles. The monoisotopic (exact) mass is 477 g/mol. The summed E-state index contributed by atoms with van der Waals surface area (Å²) in [5, 5.41) is 12.3. The minimum absolute atomic E-state index is 0.0418. The highest BCUT2D eigenvalue weighted by atomic mass is 35.5. The number of primary sulfonamides is 1. The molecule has 0 radical (unpaired) electrons. The Morgan fingerprint density at radius 1 is 1.10 bits per heavy atom. The van der Waals surface area contributed by atoms with E-state index in [-0.39, 0.29) is 4.90 Å². The number of hydrogen-bond donors (Lipinski definition) is 3. The van der Waals surface area contributed by atoms with Crippen molar-refractivity contribution in [1.29, 1.82) is 0 Å². The third kappa shape index (κ3) is 4.32. The second-order valence-corrected chi connectivity index (χ2v) is 10.3. The van der Waals surface area contributed by atoms with Crippen molar-refractivity contribution in [2.24, 2.45) is 5.14 Å². The average molecular weight is 478 g/mol. The maximum atomic E-state index is 11.4.